The Morgan fingerprint density at radius 1 is 1.25 bits per heavy atom. The van der Waals surface area contributed by atoms with E-state index in [-0.39, 0.29) is 0 Å². The SMILES string of the molecule is C=C(CC(C)C)C1CCCCC1. The fraction of sp³-hybridized carbons (Fsp3) is 0.833. The van der Waals surface area contributed by atoms with Crippen LogP contribution in [0.2, 0.25) is 0 Å². The van der Waals surface area contributed by atoms with Crippen molar-refractivity contribution in [3.05, 3.63) is 12.2 Å². The molecule has 1 aliphatic carbocycles. The monoisotopic (exact) mass is 166 g/mol. The second-order valence-corrected chi connectivity index (χ2v) is 4.59. The Labute approximate surface area is 77.1 Å². The normalized spacial score (nSPS) is 19.9. The Morgan fingerprint density at radius 3 is 2.33 bits per heavy atom. The number of hydrogen-bond acceptors (Lipinski definition) is 0. The average molecular weight is 166 g/mol. The third-order valence-corrected chi connectivity index (χ3v) is 2.85. The highest BCUT2D eigenvalue weighted by atomic mass is 14.2. The van der Waals surface area contributed by atoms with Crippen LogP contribution in [0.3, 0.4) is 0 Å². The Hall–Kier alpha value is -0.260. The minimum atomic E-state index is 0.791. The molecule has 0 spiro atoms. The summed E-state index contributed by atoms with van der Waals surface area (Å²) < 4.78 is 0. The van der Waals surface area contributed by atoms with Gasteiger partial charge in [0.25, 0.3) is 0 Å². The maximum atomic E-state index is 4.22. The molecular weight excluding hydrogens is 144 g/mol. The van der Waals surface area contributed by atoms with Crippen LogP contribution in [-0.2, 0) is 0 Å². The van der Waals surface area contributed by atoms with Gasteiger partial charge in [0.2, 0.25) is 0 Å². The van der Waals surface area contributed by atoms with Crippen LogP contribution in [0.5, 0.6) is 0 Å². The van der Waals surface area contributed by atoms with E-state index in [9.17, 15) is 0 Å². The van der Waals surface area contributed by atoms with E-state index in [2.05, 4.69) is 20.4 Å². The van der Waals surface area contributed by atoms with Crippen LogP contribution in [0, 0.1) is 11.8 Å². The minimum absolute atomic E-state index is 0.791. The zero-order valence-electron chi connectivity index (χ0n) is 8.60. The van der Waals surface area contributed by atoms with Gasteiger partial charge in [0.15, 0.2) is 0 Å². The van der Waals surface area contributed by atoms with Gasteiger partial charge >= 0.3 is 0 Å². The lowest BCUT2D eigenvalue weighted by atomic mass is 9.81. The highest BCUT2D eigenvalue weighted by Gasteiger charge is 2.16. The summed E-state index contributed by atoms with van der Waals surface area (Å²) in [5, 5.41) is 0. The molecule has 1 rings (SSSR count). The molecular formula is C12H22. The second kappa shape index (κ2) is 4.69. The van der Waals surface area contributed by atoms with Crippen molar-refractivity contribution >= 4 is 0 Å². The molecule has 0 saturated heterocycles. The summed E-state index contributed by atoms with van der Waals surface area (Å²) >= 11 is 0. The molecule has 0 aromatic rings. The van der Waals surface area contributed by atoms with Gasteiger partial charge in [0.05, 0.1) is 0 Å². The molecule has 1 saturated carbocycles. The molecule has 70 valence electrons. The standard InChI is InChI=1S/C12H22/c1-10(2)9-11(3)12-7-5-4-6-8-12/h10,12H,3-9H2,1-2H3. The fourth-order valence-electron chi connectivity index (χ4n) is 2.20. The highest BCUT2D eigenvalue weighted by molar-refractivity contribution is 5.02. The minimum Gasteiger partial charge on any atom is -0.0996 e. The molecule has 0 nitrogen and oxygen atoms in total. The van der Waals surface area contributed by atoms with Gasteiger partial charge in [-0.25, -0.2) is 0 Å². The zero-order chi connectivity index (χ0) is 8.97. The number of rotatable bonds is 3. The fourth-order valence-corrected chi connectivity index (χ4v) is 2.20. The highest BCUT2D eigenvalue weighted by Crippen LogP contribution is 2.31. The summed E-state index contributed by atoms with van der Waals surface area (Å²) in [6, 6.07) is 0. The summed E-state index contributed by atoms with van der Waals surface area (Å²) in [6.45, 7) is 8.79. The van der Waals surface area contributed by atoms with Gasteiger partial charge in [-0.05, 0) is 31.1 Å². The summed E-state index contributed by atoms with van der Waals surface area (Å²) in [5.74, 6) is 1.65. The van der Waals surface area contributed by atoms with E-state index in [1.54, 1.807) is 0 Å². The lowest BCUT2D eigenvalue weighted by Gasteiger charge is -2.24. The van der Waals surface area contributed by atoms with Gasteiger partial charge in [-0.15, -0.1) is 0 Å². The molecule has 0 atom stereocenters. The first-order valence-corrected chi connectivity index (χ1v) is 5.38. The van der Waals surface area contributed by atoms with Crippen molar-refractivity contribution in [1.82, 2.24) is 0 Å². The maximum Gasteiger partial charge on any atom is -0.0206 e. The largest absolute Gasteiger partial charge is 0.0996 e. The predicted molar refractivity (Wildman–Crippen MR) is 55.2 cm³/mol. The predicted octanol–water partition coefficient (Wildman–Crippen LogP) is 4.17. The van der Waals surface area contributed by atoms with Crippen molar-refractivity contribution in [1.29, 1.82) is 0 Å². The summed E-state index contributed by atoms with van der Waals surface area (Å²) in [5.41, 5.74) is 1.52. The average Bonchev–Trinajstić information content (AvgIpc) is 2.05. The first kappa shape index (κ1) is 9.83. The molecule has 0 aromatic heterocycles. The molecule has 0 bridgehead atoms. The molecule has 12 heavy (non-hydrogen) atoms. The van der Waals surface area contributed by atoms with Crippen molar-refractivity contribution < 1.29 is 0 Å². The quantitative estimate of drug-likeness (QED) is 0.552. The van der Waals surface area contributed by atoms with E-state index < -0.39 is 0 Å². The Morgan fingerprint density at radius 2 is 1.83 bits per heavy atom. The smallest absolute Gasteiger partial charge is 0.0206 e. The van der Waals surface area contributed by atoms with Gasteiger partial charge in [0, 0.05) is 0 Å². The van der Waals surface area contributed by atoms with Crippen LogP contribution >= 0.6 is 0 Å². The lowest BCUT2D eigenvalue weighted by Crippen LogP contribution is -2.09. The first-order chi connectivity index (χ1) is 5.70. The molecule has 0 heteroatoms. The summed E-state index contributed by atoms with van der Waals surface area (Å²) in [7, 11) is 0. The maximum absolute atomic E-state index is 4.22. The third-order valence-electron chi connectivity index (χ3n) is 2.85. The molecule has 0 aliphatic heterocycles. The number of allylic oxidation sites excluding steroid dienone is 1. The lowest BCUT2D eigenvalue weighted by molar-refractivity contribution is 0.387. The molecule has 0 unspecified atom stereocenters. The Balaban J connectivity index is 2.30. The van der Waals surface area contributed by atoms with Crippen molar-refractivity contribution in [3.8, 4) is 0 Å². The molecule has 0 amide bonds. The van der Waals surface area contributed by atoms with Crippen molar-refractivity contribution in [2.45, 2.75) is 52.4 Å². The van der Waals surface area contributed by atoms with Crippen LogP contribution in [0.1, 0.15) is 52.4 Å². The van der Waals surface area contributed by atoms with Crippen LogP contribution in [-0.4, -0.2) is 0 Å². The van der Waals surface area contributed by atoms with Gasteiger partial charge < -0.3 is 0 Å². The second-order valence-electron chi connectivity index (χ2n) is 4.59. The van der Waals surface area contributed by atoms with E-state index in [1.807, 2.05) is 0 Å². The van der Waals surface area contributed by atoms with Gasteiger partial charge in [-0.2, -0.15) is 0 Å². The van der Waals surface area contributed by atoms with Crippen molar-refractivity contribution in [2.75, 3.05) is 0 Å². The molecule has 0 heterocycles. The van der Waals surface area contributed by atoms with Crippen LogP contribution in [0.25, 0.3) is 0 Å². The number of hydrogen-bond donors (Lipinski definition) is 0. The van der Waals surface area contributed by atoms with E-state index in [1.165, 1.54) is 44.1 Å². The summed E-state index contributed by atoms with van der Waals surface area (Å²) in [6.07, 6.45) is 8.37. The van der Waals surface area contributed by atoms with Gasteiger partial charge in [-0.1, -0.05) is 45.3 Å². The van der Waals surface area contributed by atoms with Crippen LogP contribution < -0.4 is 0 Å². The first-order valence-electron chi connectivity index (χ1n) is 5.38. The molecule has 1 fully saturated rings. The van der Waals surface area contributed by atoms with Crippen molar-refractivity contribution in [3.63, 3.8) is 0 Å². The summed E-state index contributed by atoms with van der Waals surface area (Å²) in [4.78, 5) is 0. The van der Waals surface area contributed by atoms with E-state index in [0.717, 1.165) is 11.8 Å². The van der Waals surface area contributed by atoms with Gasteiger partial charge in [0.1, 0.15) is 0 Å². The van der Waals surface area contributed by atoms with Gasteiger partial charge in [-0.3, -0.25) is 0 Å². The van der Waals surface area contributed by atoms with E-state index in [4.69, 9.17) is 0 Å². The van der Waals surface area contributed by atoms with E-state index >= 15 is 0 Å². The topological polar surface area (TPSA) is 0 Å². The third kappa shape index (κ3) is 3.00. The van der Waals surface area contributed by atoms with E-state index in [0.29, 0.717) is 0 Å². The van der Waals surface area contributed by atoms with Crippen molar-refractivity contribution in [2.24, 2.45) is 11.8 Å². The Bertz CT molecular complexity index is 138. The Kier molecular flexibility index (Phi) is 3.84. The van der Waals surface area contributed by atoms with Crippen LogP contribution in [0.15, 0.2) is 12.2 Å². The molecule has 1 aliphatic rings. The zero-order valence-corrected chi connectivity index (χ0v) is 8.60. The molecule has 0 radical (unpaired) electrons. The van der Waals surface area contributed by atoms with Crippen LogP contribution in [0.4, 0.5) is 0 Å². The molecule has 0 N–H and O–H groups in total. The molecule has 0 aromatic carbocycles.